The number of allylic oxidation sites excluding steroid dienone is 2. The van der Waals surface area contributed by atoms with Crippen LogP contribution < -0.4 is 16.7 Å². The van der Waals surface area contributed by atoms with E-state index in [0.717, 1.165) is 12.1 Å². The Morgan fingerprint density at radius 1 is 1.41 bits per heavy atom. The van der Waals surface area contributed by atoms with Gasteiger partial charge in [-0.1, -0.05) is 6.08 Å². The maximum atomic E-state index is 12.5. The topological polar surface area (TPSA) is 83.1 Å². The minimum atomic E-state index is -0.341. The summed E-state index contributed by atoms with van der Waals surface area (Å²) < 4.78 is 4.31. The van der Waals surface area contributed by atoms with Crippen molar-refractivity contribution in [3.05, 3.63) is 38.9 Å². The van der Waals surface area contributed by atoms with Gasteiger partial charge < -0.3 is 4.57 Å². The van der Waals surface area contributed by atoms with E-state index in [1.807, 2.05) is 13.0 Å². The van der Waals surface area contributed by atoms with Crippen LogP contribution in [0.1, 0.15) is 19.8 Å². The summed E-state index contributed by atoms with van der Waals surface area (Å²) in [6.07, 6.45) is 4.92. The lowest BCUT2D eigenvalue weighted by Crippen LogP contribution is -2.39. The fourth-order valence-electron chi connectivity index (χ4n) is 2.36. The van der Waals surface area contributed by atoms with Crippen molar-refractivity contribution in [2.24, 2.45) is 14.1 Å². The molecule has 0 radical (unpaired) electrons. The van der Waals surface area contributed by atoms with Crippen LogP contribution in [0.25, 0.3) is 11.2 Å². The first-order valence-electron chi connectivity index (χ1n) is 7.04. The van der Waals surface area contributed by atoms with E-state index in [0.29, 0.717) is 24.1 Å². The SMILES string of the molecule is CONC(C)=CCCCn1c(=O)c2c(ncn2C)n(C)c1=O. The predicted molar refractivity (Wildman–Crippen MR) is 83.4 cm³/mol. The number of nitrogens with one attached hydrogen (secondary N) is 1. The monoisotopic (exact) mass is 307 g/mol. The van der Waals surface area contributed by atoms with Crippen molar-refractivity contribution in [2.45, 2.75) is 26.3 Å². The minimum absolute atomic E-state index is 0.297. The molecular formula is C14H21N5O3. The highest BCUT2D eigenvalue weighted by molar-refractivity contribution is 5.69. The highest BCUT2D eigenvalue weighted by Gasteiger charge is 2.14. The molecule has 0 fully saturated rings. The van der Waals surface area contributed by atoms with Crippen molar-refractivity contribution in [3.8, 4) is 0 Å². The fraction of sp³-hybridized carbons (Fsp3) is 0.500. The molecule has 2 aromatic rings. The summed E-state index contributed by atoms with van der Waals surface area (Å²) in [5.74, 6) is 0. The number of imidazole rings is 1. The number of hydrogen-bond acceptors (Lipinski definition) is 5. The molecule has 0 saturated carbocycles. The Morgan fingerprint density at radius 2 is 2.14 bits per heavy atom. The van der Waals surface area contributed by atoms with Gasteiger partial charge in [0.15, 0.2) is 11.2 Å². The van der Waals surface area contributed by atoms with E-state index in [1.165, 1.54) is 9.13 Å². The number of fused-ring (bicyclic) bond motifs is 1. The fourth-order valence-corrected chi connectivity index (χ4v) is 2.36. The third-order valence-electron chi connectivity index (χ3n) is 3.50. The molecule has 8 heteroatoms. The van der Waals surface area contributed by atoms with Gasteiger partial charge in [0.25, 0.3) is 5.56 Å². The van der Waals surface area contributed by atoms with Crippen LogP contribution in [-0.4, -0.2) is 25.8 Å². The highest BCUT2D eigenvalue weighted by Crippen LogP contribution is 2.04. The van der Waals surface area contributed by atoms with Crippen LogP contribution in [0, 0.1) is 0 Å². The summed E-state index contributed by atoms with van der Waals surface area (Å²) >= 11 is 0. The summed E-state index contributed by atoms with van der Waals surface area (Å²) in [5, 5.41) is 0. The zero-order chi connectivity index (χ0) is 16.3. The van der Waals surface area contributed by atoms with Crippen LogP contribution in [0.4, 0.5) is 0 Å². The highest BCUT2D eigenvalue weighted by atomic mass is 16.6. The average Bonchev–Trinajstić information content (AvgIpc) is 2.86. The molecular weight excluding hydrogens is 286 g/mol. The van der Waals surface area contributed by atoms with E-state index < -0.39 is 0 Å². The standard InChI is InChI=1S/C14H21N5O3/c1-10(16-22-4)7-5-6-8-19-13(20)11-12(15-9-17(11)2)18(3)14(19)21/h7,9,16H,5-6,8H2,1-4H3. The molecule has 0 amide bonds. The van der Waals surface area contributed by atoms with Gasteiger partial charge in [-0.15, -0.1) is 0 Å². The van der Waals surface area contributed by atoms with E-state index in [-0.39, 0.29) is 11.2 Å². The Labute approximate surface area is 127 Å². The first-order valence-corrected chi connectivity index (χ1v) is 7.04. The summed E-state index contributed by atoms with van der Waals surface area (Å²) in [6, 6.07) is 0. The smallest absolute Gasteiger partial charge is 0.328 e. The van der Waals surface area contributed by atoms with Crippen LogP contribution in [0.3, 0.4) is 0 Å². The van der Waals surface area contributed by atoms with Crippen molar-refractivity contribution in [1.82, 2.24) is 24.2 Å². The van der Waals surface area contributed by atoms with Gasteiger partial charge in [0.05, 0.1) is 13.4 Å². The second kappa shape index (κ2) is 6.61. The van der Waals surface area contributed by atoms with Crippen LogP contribution in [-0.2, 0) is 25.5 Å². The van der Waals surface area contributed by atoms with Crippen molar-refractivity contribution in [2.75, 3.05) is 7.11 Å². The summed E-state index contributed by atoms with van der Waals surface area (Å²) in [5.41, 5.74) is 3.83. The molecule has 0 saturated heterocycles. The van der Waals surface area contributed by atoms with Crippen molar-refractivity contribution < 1.29 is 4.84 Å². The van der Waals surface area contributed by atoms with Crippen LogP contribution >= 0.6 is 0 Å². The molecule has 8 nitrogen and oxygen atoms in total. The number of hydroxylamine groups is 1. The van der Waals surface area contributed by atoms with Gasteiger partial charge in [0.2, 0.25) is 0 Å². The molecule has 0 spiro atoms. The van der Waals surface area contributed by atoms with Gasteiger partial charge in [-0.3, -0.25) is 24.2 Å². The molecule has 0 aliphatic heterocycles. The molecule has 120 valence electrons. The summed E-state index contributed by atoms with van der Waals surface area (Å²) in [7, 11) is 4.91. The Kier molecular flexibility index (Phi) is 4.81. The second-order valence-corrected chi connectivity index (χ2v) is 5.16. The Bertz CT molecular complexity index is 812. The number of aromatic nitrogens is 4. The van der Waals surface area contributed by atoms with Crippen molar-refractivity contribution in [1.29, 1.82) is 0 Å². The Hall–Kier alpha value is -2.35. The molecule has 0 unspecified atom stereocenters. The first kappa shape index (κ1) is 16.0. The predicted octanol–water partition coefficient (Wildman–Crippen LogP) is 0.269. The average molecular weight is 307 g/mol. The normalized spacial score (nSPS) is 12.1. The molecule has 2 rings (SSSR count). The van der Waals surface area contributed by atoms with E-state index in [2.05, 4.69) is 10.5 Å². The number of nitrogens with zero attached hydrogens (tertiary/aromatic N) is 4. The van der Waals surface area contributed by atoms with Crippen LogP contribution in [0.2, 0.25) is 0 Å². The van der Waals surface area contributed by atoms with E-state index in [9.17, 15) is 9.59 Å². The molecule has 0 atom stereocenters. The summed E-state index contributed by atoms with van der Waals surface area (Å²) in [6.45, 7) is 2.25. The third kappa shape index (κ3) is 2.96. The van der Waals surface area contributed by atoms with E-state index >= 15 is 0 Å². The lowest BCUT2D eigenvalue weighted by Gasteiger charge is -2.08. The Balaban J connectivity index is 2.25. The maximum Gasteiger partial charge on any atom is 0.332 e. The lowest BCUT2D eigenvalue weighted by molar-refractivity contribution is 0.118. The van der Waals surface area contributed by atoms with Crippen LogP contribution in [0.15, 0.2) is 27.7 Å². The number of hydrogen-bond donors (Lipinski definition) is 1. The molecule has 2 heterocycles. The number of unbranched alkanes of at least 4 members (excludes halogenated alkanes) is 1. The van der Waals surface area contributed by atoms with Gasteiger partial charge >= 0.3 is 5.69 Å². The quantitative estimate of drug-likeness (QED) is 0.612. The lowest BCUT2D eigenvalue weighted by atomic mass is 10.2. The molecule has 0 bridgehead atoms. The molecule has 0 aliphatic carbocycles. The minimum Gasteiger partial charge on any atom is -0.328 e. The Morgan fingerprint density at radius 3 is 2.82 bits per heavy atom. The van der Waals surface area contributed by atoms with Gasteiger partial charge in [-0.05, 0) is 19.8 Å². The molecule has 2 aromatic heterocycles. The summed E-state index contributed by atoms with van der Waals surface area (Å²) in [4.78, 5) is 33.6. The molecule has 22 heavy (non-hydrogen) atoms. The second-order valence-electron chi connectivity index (χ2n) is 5.16. The zero-order valence-electron chi connectivity index (χ0n) is 13.3. The molecule has 0 aliphatic rings. The van der Waals surface area contributed by atoms with Crippen molar-refractivity contribution in [3.63, 3.8) is 0 Å². The maximum absolute atomic E-state index is 12.5. The molecule has 0 aromatic carbocycles. The number of aryl methyl sites for hydroxylation is 2. The van der Waals surface area contributed by atoms with Gasteiger partial charge in [0, 0.05) is 26.3 Å². The van der Waals surface area contributed by atoms with Crippen LogP contribution in [0.5, 0.6) is 0 Å². The first-order chi connectivity index (χ1) is 10.5. The largest absolute Gasteiger partial charge is 0.332 e. The van der Waals surface area contributed by atoms with Gasteiger partial charge in [-0.2, -0.15) is 0 Å². The zero-order valence-corrected chi connectivity index (χ0v) is 13.3. The van der Waals surface area contributed by atoms with Gasteiger partial charge in [0.1, 0.15) is 0 Å². The van der Waals surface area contributed by atoms with E-state index in [1.54, 1.807) is 32.1 Å². The number of rotatable bonds is 6. The van der Waals surface area contributed by atoms with Gasteiger partial charge in [-0.25, -0.2) is 9.78 Å². The third-order valence-corrected chi connectivity index (χ3v) is 3.50. The van der Waals surface area contributed by atoms with Crippen molar-refractivity contribution >= 4 is 11.2 Å². The molecule has 1 N–H and O–H groups in total. The van der Waals surface area contributed by atoms with E-state index in [4.69, 9.17) is 4.84 Å².